The minimum absolute atomic E-state index is 0.184. The van der Waals surface area contributed by atoms with Gasteiger partial charge in [0.05, 0.1) is 13.1 Å². The maximum absolute atomic E-state index is 11.7. The van der Waals surface area contributed by atoms with Gasteiger partial charge >= 0.3 is 5.97 Å². The van der Waals surface area contributed by atoms with Crippen LogP contribution < -0.4 is 0 Å². The summed E-state index contributed by atoms with van der Waals surface area (Å²) in [5.41, 5.74) is -0.419. The van der Waals surface area contributed by atoms with Gasteiger partial charge in [0.1, 0.15) is 10.6 Å². The van der Waals surface area contributed by atoms with Gasteiger partial charge in [-0.05, 0) is 27.3 Å². The Morgan fingerprint density at radius 1 is 1.53 bits per heavy atom. The summed E-state index contributed by atoms with van der Waals surface area (Å²) in [5, 5.41) is 2.96. The molecule has 0 saturated carbocycles. The number of carbonyl (C=O) groups is 1. The number of nitrogens with zero attached hydrogens (tertiary/aromatic N) is 2. The van der Waals surface area contributed by atoms with Crippen molar-refractivity contribution in [3.63, 3.8) is 0 Å². The molecule has 4 nitrogen and oxygen atoms in total. The van der Waals surface area contributed by atoms with Crippen LogP contribution in [-0.2, 0) is 16.1 Å². The van der Waals surface area contributed by atoms with Crippen molar-refractivity contribution in [3.05, 3.63) is 16.6 Å². The fourth-order valence-electron chi connectivity index (χ4n) is 1.36. The second-order valence-electron chi connectivity index (χ2n) is 4.82. The van der Waals surface area contributed by atoms with Crippen LogP contribution in [0.15, 0.2) is 11.6 Å². The number of carbonyl (C=O) groups excluding carboxylic acids is 1. The quantitative estimate of drug-likeness (QED) is 0.758. The number of hydrogen-bond acceptors (Lipinski definition) is 5. The van der Waals surface area contributed by atoms with E-state index in [4.69, 9.17) is 4.74 Å². The van der Waals surface area contributed by atoms with Crippen molar-refractivity contribution in [2.24, 2.45) is 0 Å². The smallest absolute Gasteiger partial charge is 0.320 e. The molecule has 0 N–H and O–H groups in total. The third kappa shape index (κ3) is 5.79. The average Bonchev–Trinajstić information content (AvgIpc) is 2.66. The van der Waals surface area contributed by atoms with E-state index in [0.717, 1.165) is 11.6 Å². The molecule has 0 saturated heterocycles. The van der Waals surface area contributed by atoms with Crippen LogP contribution in [0.4, 0.5) is 0 Å². The van der Waals surface area contributed by atoms with E-state index in [1.807, 2.05) is 38.0 Å². The van der Waals surface area contributed by atoms with Crippen molar-refractivity contribution in [1.29, 1.82) is 0 Å². The highest BCUT2D eigenvalue weighted by Gasteiger charge is 2.18. The molecule has 0 unspecified atom stereocenters. The Balaban J connectivity index is 2.44. The first-order chi connectivity index (χ1) is 7.90. The Kier molecular flexibility index (Phi) is 5.08. The van der Waals surface area contributed by atoms with Crippen LogP contribution >= 0.6 is 11.3 Å². The van der Waals surface area contributed by atoms with Crippen molar-refractivity contribution < 1.29 is 9.53 Å². The monoisotopic (exact) mass is 256 g/mol. The zero-order valence-electron chi connectivity index (χ0n) is 10.9. The highest BCUT2D eigenvalue weighted by Crippen LogP contribution is 2.10. The largest absolute Gasteiger partial charge is 0.459 e. The van der Waals surface area contributed by atoms with Crippen LogP contribution in [0.2, 0.25) is 0 Å². The van der Waals surface area contributed by atoms with Crippen molar-refractivity contribution in [2.45, 2.75) is 39.8 Å². The third-order valence-corrected chi connectivity index (χ3v) is 2.83. The van der Waals surface area contributed by atoms with Crippen LogP contribution in [0.25, 0.3) is 0 Å². The SMILES string of the molecule is CCN(CC(=O)OC(C)(C)C)Cc1nccs1. The Hall–Kier alpha value is -0.940. The molecule has 0 amide bonds. The molecule has 0 aromatic carbocycles. The molecule has 1 heterocycles. The number of aromatic nitrogens is 1. The van der Waals surface area contributed by atoms with Gasteiger partial charge in [-0.1, -0.05) is 6.92 Å². The molecule has 0 aliphatic heterocycles. The molecular formula is C12H20N2O2S. The molecular weight excluding hydrogens is 236 g/mol. The van der Waals surface area contributed by atoms with E-state index in [1.54, 1.807) is 17.5 Å². The number of thiazole rings is 1. The summed E-state index contributed by atoms with van der Waals surface area (Å²) in [6.45, 7) is 9.48. The molecule has 1 rings (SSSR count). The normalized spacial score (nSPS) is 11.8. The first-order valence-electron chi connectivity index (χ1n) is 5.73. The van der Waals surface area contributed by atoms with Crippen LogP contribution in [-0.4, -0.2) is 34.5 Å². The molecule has 1 aromatic rings. The summed E-state index contributed by atoms with van der Waals surface area (Å²) < 4.78 is 5.29. The highest BCUT2D eigenvalue weighted by atomic mass is 32.1. The van der Waals surface area contributed by atoms with Crippen molar-refractivity contribution in [3.8, 4) is 0 Å². The van der Waals surface area contributed by atoms with Gasteiger partial charge in [-0.15, -0.1) is 11.3 Å². The summed E-state index contributed by atoms with van der Waals surface area (Å²) in [7, 11) is 0. The zero-order valence-corrected chi connectivity index (χ0v) is 11.7. The Morgan fingerprint density at radius 3 is 2.71 bits per heavy atom. The second kappa shape index (κ2) is 6.12. The summed E-state index contributed by atoms with van der Waals surface area (Å²) in [6.07, 6.45) is 1.78. The molecule has 96 valence electrons. The zero-order chi connectivity index (χ0) is 12.9. The van der Waals surface area contributed by atoms with Crippen LogP contribution in [0.5, 0.6) is 0 Å². The van der Waals surface area contributed by atoms with Crippen LogP contribution in [0.1, 0.15) is 32.7 Å². The van der Waals surface area contributed by atoms with Crippen LogP contribution in [0, 0.1) is 0 Å². The molecule has 1 aromatic heterocycles. The van der Waals surface area contributed by atoms with Crippen LogP contribution in [0.3, 0.4) is 0 Å². The molecule has 0 aliphatic rings. The lowest BCUT2D eigenvalue weighted by molar-refractivity contribution is -0.156. The van der Waals surface area contributed by atoms with Gasteiger partial charge in [0.15, 0.2) is 0 Å². The van der Waals surface area contributed by atoms with Gasteiger partial charge in [-0.25, -0.2) is 4.98 Å². The van der Waals surface area contributed by atoms with Crippen molar-refractivity contribution in [1.82, 2.24) is 9.88 Å². The minimum Gasteiger partial charge on any atom is -0.459 e. The van der Waals surface area contributed by atoms with E-state index in [-0.39, 0.29) is 5.97 Å². The molecule has 0 radical (unpaired) electrons. The molecule has 0 fully saturated rings. The van der Waals surface area contributed by atoms with E-state index < -0.39 is 5.60 Å². The highest BCUT2D eigenvalue weighted by molar-refractivity contribution is 7.09. The van der Waals surface area contributed by atoms with E-state index in [0.29, 0.717) is 13.1 Å². The Bertz CT molecular complexity index is 344. The number of esters is 1. The van der Waals surface area contributed by atoms with Crippen molar-refractivity contribution in [2.75, 3.05) is 13.1 Å². The van der Waals surface area contributed by atoms with Gasteiger partial charge in [-0.3, -0.25) is 9.69 Å². The van der Waals surface area contributed by atoms with E-state index in [9.17, 15) is 4.79 Å². The van der Waals surface area contributed by atoms with E-state index >= 15 is 0 Å². The summed E-state index contributed by atoms with van der Waals surface area (Å²) >= 11 is 1.60. The lowest BCUT2D eigenvalue weighted by Gasteiger charge is -2.23. The fourth-order valence-corrected chi connectivity index (χ4v) is 2.02. The Morgan fingerprint density at radius 2 is 2.24 bits per heavy atom. The summed E-state index contributed by atoms with van der Waals surface area (Å²) in [5.74, 6) is -0.184. The van der Waals surface area contributed by atoms with Gasteiger partial charge in [-0.2, -0.15) is 0 Å². The Labute approximate surface area is 107 Å². The summed E-state index contributed by atoms with van der Waals surface area (Å²) in [6, 6.07) is 0. The lowest BCUT2D eigenvalue weighted by Crippen LogP contribution is -2.34. The van der Waals surface area contributed by atoms with E-state index in [2.05, 4.69) is 4.98 Å². The lowest BCUT2D eigenvalue weighted by atomic mass is 10.2. The van der Waals surface area contributed by atoms with Crippen molar-refractivity contribution >= 4 is 17.3 Å². The van der Waals surface area contributed by atoms with Gasteiger partial charge in [0.2, 0.25) is 0 Å². The average molecular weight is 256 g/mol. The first-order valence-corrected chi connectivity index (χ1v) is 6.61. The predicted molar refractivity (Wildman–Crippen MR) is 68.9 cm³/mol. The molecule has 5 heteroatoms. The third-order valence-electron chi connectivity index (χ3n) is 2.06. The molecule has 0 spiro atoms. The maximum Gasteiger partial charge on any atom is 0.320 e. The van der Waals surface area contributed by atoms with Gasteiger partial charge in [0.25, 0.3) is 0 Å². The number of likely N-dealkylation sites (N-methyl/N-ethyl adjacent to an activating group) is 1. The number of rotatable bonds is 5. The molecule has 0 bridgehead atoms. The molecule has 0 atom stereocenters. The first kappa shape index (κ1) is 14.1. The maximum atomic E-state index is 11.7. The fraction of sp³-hybridized carbons (Fsp3) is 0.667. The van der Waals surface area contributed by atoms with Gasteiger partial charge < -0.3 is 4.74 Å². The predicted octanol–water partition coefficient (Wildman–Crippen LogP) is 2.31. The molecule has 17 heavy (non-hydrogen) atoms. The van der Waals surface area contributed by atoms with E-state index in [1.165, 1.54) is 0 Å². The standard InChI is InChI=1S/C12H20N2O2S/c1-5-14(8-10-13-6-7-17-10)9-11(15)16-12(2,3)4/h6-7H,5,8-9H2,1-4H3. The number of ether oxygens (including phenoxy) is 1. The topological polar surface area (TPSA) is 42.4 Å². The summed E-state index contributed by atoms with van der Waals surface area (Å²) in [4.78, 5) is 17.9. The number of hydrogen-bond donors (Lipinski definition) is 0. The molecule has 0 aliphatic carbocycles. The van der Waals surface area contributed by atoms with Gasteiger partial charge in [0, 0.05) is 11.6 Å². The second-order valence-corrected chi connectivity index (χ2v) is 5.79. The minimum atomic E-state index is -0.419.